The van der Waals surface area contributed by atoms with E-state index in [1.165, 1.54) is 11.8 Å². The number of aryl methyl sites for hydroxylation is 1. The molecule has 1 atom stereocenters. The predicted molar refractivity (Wildman–Crippen MR) is 98.2 cm³/mol. The number of Topliss-reactive ketones (excluding diaryl/α,β-unsaturated/α-hetero) is 1. The molecule has 2 aromatic heterocycles. The Balaban J connectivity index is 1.67. The van der Waals surface area contributed by atoms with Crippen molar-refractivity contribution in [1.82, 2.24) is 19.3 Å². The largest absolute Gasteiger partial charge is 0.376 e. The first-order valence-electron chi connectivity index (χ1n) is 8.53. The van der Waals surface area contributed by atoms with E-state index < -0.39 is 0 Å². The highest BCUT2D eigenvalue weighted by Gasteiger charge is 2.21. The van der Waals surface area contributed by atoms with E-state index in [0.717, 1.165) is 48.1 Å². The highest BCUT2D eigenvalue weighted by atomic mass is 32.2. The van der Waals surface area contributed by atoms with Gasteiger partial charge in [0.1, 0.15) is 6.33 Å². The number of nitrogens with zero attached hydrogens (tertiary/aromatic N) is 4. The number of hydrogen-bond donors (Lipinski definition) is 0. The Morgan fingerprint density at radius 2 is 2.36 bits per heavy atom. The average molecular weight is 360 g/mol. The van der Waals surface area contributed by atoms with Gasteiger partial charge in [-0.25, -0.2) is 0 Å². The Kier molecular flexibility index (Phi) is 5.75. The lowest BCUT2D eigenvalue weighted by Gasteiger charge is -2.14. The summed E-state index contributed by atoms with van der Waals surface area (Å²) in [4.78, 5) is 12.7. The van der Waals surface area contributed by atoms with Gasteiger partial charge in [-0.1, -0.05) is 17.8 Å². The zero-order valence-electron chi connectivity index (χ0n) is 14.8. The van der Waals surface area contributed by atoms with Crippen molar-refractivity contribution < 1.29 is 9.53 Å². The fourth-order valence-electron chi connectivity index (χ4n) is 3.18. The number of ether oxygens (including phenoxy) is 1. The molecule has 1 saturated heterocycles. The van der Waals surface area contributed by atoms with E-state index in [0.29, 0.717) is 12.3 Å². The minimum Gasteiger partial charge on any atom is -0.376 e. The van der Waals surface area contributed by atoms with Gasteiger partial charge in [-0.05, 0) is 32.8 Å². The molecule has 7 heteroatoms. The van der Waals surface area contributed by atoms with Crippen LogP contribution in [0, 0.1) is 13.8 Å². The number of hydrogen-bond acceptors (Lipinski definition) is 5. The van der Waals surface area contributed by atoms with Crippen molar-refractivity contribution >= 4 is 17.5 Å². The van der Waals surface area contributed by atoms with Crippen LogP contribution in [-0.2, 0) is 17.8 Å². The van der Waals surface area contributed by atoms with Gasteiger partial charge in [0, 0.05) is 36.6 Å². The average Bonchev–Trinajstić information content (AvgIpc) is 3.31. The van der Waals surface area contributed by atoms with Crippen LogP contribution in [0.25, 0.3) is 0 Å². The minimum atomic E-state index is 0.116. The molecule has 3 heterocycles. The number of aromatic nitrogens is 4. The highest BCUT2D eigenvalue weighted by Crippen LogP contribution is 2.23. The number of ketones is 1. The lowest BCUT2D eigenvalue weighted by atomic mass is 10.2. The highest BCUT2D eigenvalue weighted by molar-refractivity contribution is 7.99. The third-order valence-corrected chi connectivity index (χ3v) is 5.50. The minimum absolute atomic E-state index is 0.116. The van der Waals surface area contributed by atoms with E-state index in [4.69, 9.17) is 4.74 Å². The molecular weight excluding hydrogens is 336 g/mol. The third-order valence-electron chi connectivity index (χ3n) is 4.52. The molecule has 25 heavy (non-hydrogen) atoms. The van der Waals surface area contributed by atoms with Gasteiger partial charge in [0.2, 0.25) is 0 Å². The van der Waals surface area contributed by atoms with Gasteiger partial charge in [0.15, 0.2) is 10.9 Å². The number of allylic oxidation sites excluding steroid dienone is 1. The standard InChI is InChI=1S/C18H24N4O2S/c1-4-7-21-12-19-20-18(21)25-11-17(23)16-9-13(2)22(14(16)3)10-15-6-5-8-24-15/h4,9,12,15H,1,5-8,10-11H2,2-3H3/t15-/m1/s1. The van der Waals surface area contributed by atoms with Crippen LogP contribution >= 0.6 is 11.8 Å². The molecule has 0 N–H and O–H groups in total. The molecule has 3 rings (SSSR count). The van der Waals surface area contributed by atoms with Crippen LogP contribution in [0.4, 0.5) is 0 Å². The number of thioether (sulfide) groups is 1. The van der Waals surface area contributed by atoms with Gasteiger partial charge in [-0.2, -0.15) is 0 Å². The maximum atomic E-state index is 12.7. The maximum absolute atomic E-state index is 12.7. The topological polar surface area (TPSA) is 61.9 Å². The SMILES string of the molecule is C=CCn1cnnc1SCC(=O)c1cc(C)n(C[C@H]2CCCO2)c1C. The van der Waals surface area contributed by atoms with Gasteiger partial charge in [-0.15, -0.1) is 16.8 Å². The van der Waals surface area contributed by atoms with Crippen molar-refractivity contribution in [3.05, 3.63) is 42.0 Å². The molecule has 0 bridgehead atoms. The summed E-state index contributed by atoms with van der Waals surface area (Å²) in [5, 5.41) is 8.71. The van der Waals surface area contributed by atoms with Crippen molar-refractivity contribution in [3.8, 4) is 0 Å². The van der Waals surface area contributed by atoms with Crippen LogP contribution < -0.4 is 0 Å². The summed E-state index contributed by atoms with van der Waals surface area (Å²) in [6.45, 7) is 10.1. The second-order valence-electron chi connectivity index (χ2n) is 6.30. The summed E-state index contributed by atoms with van der Waals surface area (Å²) < 4.78 is 9.82. The zero-order valence-corrected chi connectivity index (χ0v) is 15.6. The molecular formula is C18H24N4O2S. The van der Waals surface area contributed by atoms with Crippen molar-refractivity contribution in [1.29, 1.82) is 0 Å². The van der Waals surface area contributed by atoms with E-state index in [-0.39, 0.29) is 11.9 Å². The second kappa shape index (κ2) is 8.01. The molecule has 1 aliphatic rings. The predicted octanol–water partition coefficient (Wildman–Crippen LogP) is 3.04. The Hall–Kier alpha value is -1.86. The first kappa shape index (κ1) is 17.9. The fraction of sp³-hybridized carbons (Fsp3) is 0.500. The summed E-state index contributed by atoms with van der Waals surface area (Å²) >= 11 is 1.41. The van der Waals surface area contributed by atoms with Crippen LogP contribution in [-0.4, -0.2) is 43.6 Å². The molecule has 134 valence electrons. The summed E-state index contributed by atoms with van der Waals surface area (Å²) in [5.41, 5.74) is 2.92. The van der Waals surface area contributed by atoms with Crippen LogP contribution in [0.1, 0.15) is 34.6 Å². The first-order chi connectivity index (χ1) is 12.1. The number of carbonyl (C=O) groups is 1. The van der Waals surface area contributed by atoms with E-state index in [1.54, 1.807) is 12.4 Å². The second-order valence-corrected chi connectivity index (χ2v) is 7.24. The molecule has 0 saturated carbocycles. The molecule has 0 aromatic carbocycles. The smallest absolute Gasteiger partial charge is 0.191 e. The van der Waals surface area contributed by atoms with Gasteiger partial charge >= 0.3 is 0 Å². The molecule has 1 fully saturated rings. The van der Waals surface area contributed by atoms with E-state index in [2.05, 4.69) is 21.3 Å². The summed E-state index contributed by atoms with van der Waals surface area (Å²) in [7, 11) is 0. The monoisotopic (exact) mass is 360 g/mol. The van der Waals surface area contributed by atoms with Gasteiger partial charge in [-0.3, -0.25) is 4.79 Å². The zero-order chi connectivity index (χ0) is 17.8. The summed E-state index contributed by atoms with van der Waals surface area (Å²) in [6.07, 6.45) is 5.92. The van der Waals surface area contributed by atoms with E-state index in [9.17, 15) is 4.79 Å². The Morgan fingerprint density at radius 3 is 3.08 bits per heavy atom. The Bertz CT molecular complexity index is 759. The van der Waals surface area contributed by atoms with E-state index >= 15 is 0 Å². The third kappa shape index (κ3) is 4.04. The molecule has 6 nitrogen and oxygen atoms in total. The molecule has 0 aliphatic carbocycles. The van der Waals surface area contributed by atoms with E-state index in [1.807, 2.05) is 24.5 Å². The van der Waals surface area contributed by atoms with Crippen molar-refractivity contribution in [3.63, 3.8) is 0 Å². The fourth-order valence-corrected chi connectivity index (χ4v) is 3.99. The van der Waals surface area contributed by atoms with Gasteiger partial charge in [0.25, 0.3) is 0 Å². The van der Waals surface area contributed by atoms with Gasteiger partial charge in [0.05, 0.1) is 11.9 Å². The molecule has 2 aromatic rings. The summed E-state index contributed by atoms with van der Waals surface area (Å²) in [5.74, 6) is 0.463. The lowest BCUT2D eigenvalue weighted by Crippen LogP contribution is -2.17. The van der Waals surface area contributed by atoms with Crippen LogP contribution in [0.2, 0.25) is 0 Å². The van der Waals surface area contributed by atoms with Crippen molar-refractivity contribution in [2.75, 3.05) is 12.4 Å². The molecule has 0 radical (unpaired) electrons. The van der Waals surface area contributed by atoms with Gasteiger partial charge < -0.3 is 13.9 Å². The van der Waals surface area contributed by atoms with Crippen LogP contribution in [0.3, 0.4) is 0 Å². The van der Waals surface area contributed by atoms with Crippen LogP contribution in [0.15, 0.2) is 30.2 Å². The molecule has 0 unspecified atom stereocenters. The number of rotatable bonds is 8. The Morgan fingerprint density at radius 1 is 1.52 bits per heavy atom. The molecule has 0 amide bonds. The molecule has 0 spiro atoms. The quantitative estimate of drug-likeness (QED) is 0.411. The van der Waals surface area contributed by atoms with Crippen molar-refractivity contribution in [2.24, 2.45) is 0 Å². The normalized spacial score (nSPS) is 17.1. The maximum Gasteiger partial charge on any atom is 0.191 e. The van der Waals surface area contributed by atoms with Crippen LogP contribution in [0.5, 0.6) is 0 Å². The molecule has 1 aliphatic heterocycles. The summed E-state index contributed by atoms with van der Waals surface area (Å²) in [6, 6.07) is 1.99. The number of carbonyl (C=O) groups excluding carboxylic acids is 1. The van der Waals surface area contributed by atoms with Crippen molar-refractivity contribution in [2.45, 2.75) is 51.0 Å². The Labute approximate surface area is 152 Å². The lowest BCUT2D eigenvalue weighted by molar-refractivity contribution is 0.0957. The first-order valence-corrected chi connectivity index (χ1v) is 9.51.